The molecule has 132 valence electrons. The van der Waals surface area contributed by atoms with E-state index in [1.165, 1.54) is 0 Å². The van der Waals surface area contributed by atoms with Crippen molar-refractivity contribution in [1.82, 2.24) is 14.9 Å². The van der Waals surface area contributed by atoms with E-state index in [1.54, 1.807) is 18.4 Å². The fourth-order valence-corrected chi connectivity index (χ4v) is 4.16. The monoisotopic (exact) mass is 361 g/mol. The summed E-state index contributed by atoms with van der Waals surface area (Å²) in [7, 11) is 0. The van der Waals surface area contributed by atoms with Gasteiger partial charge in [-0.25, -0.2) is 9.78 Å². The Bertz CT molecular complexity index is 941. The predicted molar refractivity (Wildman–Crippen MR) is 93.0 cm³/mol. The quantitative estimate of drug-likeness (QED) is 0.834. The molecule has 1 saturated carbocycles. The number of thiophene rings is 1. The summed E-state index contributed by atoms with van der Waals surface area (Å²) >= 11 is 1.16. The average Bonchev–Trinajstić information content (AvgIpc) is 3.14. The van der Waals surface area contributed by atoms with Crippen molar-refractivity contribution in [3.63, 3.8) is 0 Å². The first-order valence-electron chi connectivity index (χ1n) is 8.50. The number of esters is 1. The third-order valence-electron chi connectivity index (χ3n) is 4.67. The van der Waals surface area contributed by atoms with Crippen LogP contribution in [-0.4, -0.2) is 33.6 Å². The number of aryl methyl sites for hydroxylation is 2. The van der Waals surface area contributed by atoms with Crippen LogP contribution in [0.4, 0.5) is 0 Å². The molecule has 8 heteroatoms. The Balaban J connectivity index is 1.61. The zero-order valence-corrected chi connectivity index (χ0v) is 14.9. The molecule has 2 aromatic rings. The predicted octanol–water partition coefficient (Wildman–Crippen LogP) is 1.54. The van der Waals surface area contributed by atoms with Crippen molar-refractivity contribution in [3.8, 4) is 0 Å². The maximum absolute atomic E-state index is 12.6. The van der Waals surface area contributed by atoms with Crippen molar-refractivity contribution in [2.24, 2.45) is 0 Å². The molecule has 3 heterocycles. The van der Waals surface area contributed by atoms with Crippen molar-refractivity contribution >= 4 is 33.4 Å². The maximum Gasteiger partial charge on any atom is 0.349 e. The second kappa shape index (κ2) is 5.94. The smallest absolute Gasteiger partial charge is 0.349 e. The average molecular weight is 361 g/mol. The van der Waals surface area contributed by atoms with Gasteiger partial charge in [-0.1, -0.05) is 0 Å². The maximum atomic E-state index is 12.6. The fourth-order valence-electron chi connectivity index (χ4n) is 3.08. The molecule has 25 heavy (non-hydrogen) atoms. The Hall–Kier alpha value is -2.22. The summed E-state index contributed by atoms with van der Waals surface area (Å²) in [5.74, 6) is -0.0915. The van der Waals surface area contributed by atoms with Gasteiger partial charge in [0.05, 0.1) is 5.39 Å². The molecule has 2 aromatic heterocycles. The first-order valence-corrected chi connectivity index (χ1v) is 9.31. The number of fused-ring (bicyclic) bond motifs is 2. The molecule has 0 radical (unpaired) electrons. The van der Waals surface area contributed by atoms with Crippen LogP contribution in [0.3, 0.4) is 0 Å². The van der Waals surface area contributed by atoms with Gasteiger partial charge in [-0.3, -0.25) is 14.2 Å². The molecule has 4 rings (SSSR count). The van der Waals surface area contributed by atoms with Crippen molar-refractivity contribution in [3.05, 3.63) is 26.6 Å². The molecule has 1 atom stereocenters. The summed E-state index contributed by atoms with van der Waals surface area (Å²) in [5, 5.41) is 3.30. The summed E-state index contributed by atoms with van der Waals surface area (Å²) in [6, 6.07) is 0.214. The Morgan fingerprint density at radius 3 is 2.88 bits per heavy atom. The van der Waals surface area contributed by atoms with E-state index in [4.69, 9.17) is 4.74 Å². The molecule has 0 bridgehead atoms. The number of aromatic nitrogens is 2. The SMILES string of the molecule is Cc1c(C(=O)OC(C)C(=O)NC2CC2)sc2nc3n(c(=O)c12)CCC3. The highest BCUT2D eigenvalue weighted by atomic mass is 32.1. The van der Waals surface area contributed by atoms with Crippen LogP contribution in [0.25, 0.3) is 10.2 Å². The fraction of sp³-hybridized carbons (Fsp3) is 0.529. The molecule has 0 saturated heterocycles. The molecular formula is C17H19N3O4S. The number of carbonyl (C=O) groups is 2. The number of hydrogen-bond acceptors (Lipinski definition) is 6. The Morgan fingerprint density at radius 2 is 2.16 bits per heavy atom. The lowest BCUT2D eigenvalue weighted by atomic mass is 10.2. The van der Waals surface area contributed by atoms with Gasteiger partial charge in [-0.15, -0.1) is 11.3 Å². The van der Waals surface area contributed by atoms with Gasteiger partial charge < -0.3 is 10.1 Å². The van der Waals surface area contributed by atoms with Gasteiger partial charge >= 0.3 is 5.97 Å². The summed E-state index contributed by atoms with van der Waals surface area (Å²) in [6.45, 7) is 3.96. The number of ether oxygens (including phenoxy) is 1. The van der Waals surface area contributed by atoms with Gasteiger partial charge in [0, 0.05) is 19.0 Å². The number of carbonyl (C=O) groups excluding carboxylic acids is 2. The van der Waals surface area contributed by atoms with Crippen LogP contribution in [0, 0.1) is 6.92 Å². The van der Waals surface area contributed by atoms with E-state index in [9.17, 15) is 14.4 Å². The summed E-state index contributed by atoms with van der Waals surface area (Å²) in [4.78, 5) is 42.5. The molecule has 1 fully saturated rings. The first-order chi connectivity index (χ1) is 12.0. The van der Waals surface area contributed by atoms with E-state index >= 15 is 0 Å². The number of hydrogen-bond donors (Lipinski definition) is 1. The van der Waals surface area contributed by atoms with Crippen LogP contribution in [0.15, 0.2) is 4.79 Å². The molecule has 0 aromatic carbocycles. The lowest BCUT2D eigenvalue weighted by molar-refractivity contribution is -0.129. The lowest BCUT2D eigenvalue weighted by Crippen LogP contribution is -2.37. The van der Waals surface area contributed by atoms with E-state index in [0.29, 0.717) is 27.2 Å². The van der Waals surface area contributed by atoms with E-state index in [0.717, 1.165) is 42.8 Å². The molecular weight excluding hydrogens is 342 g/mol. The zero-order valence-electron chi connectivity index (χ0n) is 14.1. The van der Waals surface area contributed by atoms with E-state index in [2.05, 4.69) is 10.3 Å². The van der Waals surface area contributed by atoms with Gasteiger partial charge in [0.15, 0.2) is 6.10 Å². The standard InChI is InChI=1S/C17H19N3O4S/c1-8-12-15(19-11-4-3-7-20(11)16(12)22)25-13(8)17(23)24-9(2)14(21)18-10-5-6-10/h9-10H,3-7H2,1-2H3,(H,18,21). The number of nitrogens with one attached hydrogen (secondary N) is 1. The van der Waals surface area contributed by atoms with Gasteiger partial charge in [-0.2, -0.15) is 0 Å². The first kappa shape index (κ1) is 16.3. The third kappa shape index (κ3) is 2.84. The molecule has 2 aliphatic rings. The van der Waals surface area contributed by atoms with Crippen molar-refractivity contribution in [2.75, 3.05) is 0 Å². The highest BCUT2D eigenvalue weighted by Gasteiger charge is 2.29. The lowest BCUT2D eigenvalue weighted by Gasteiger charge is -2.12. The molecule has 1 aliphatic heterocycles. The van der Waals surface area contributed by atoms with E-state index in [-0.39, 0.29) is 17.5 Å². The minimum Gasteiger partial charge on any atom is -0.448 e. The molecule has 1 unspecified atom stereocenters. The van der Waals surface area contributed by atoms with Crippen molar-refractivity contribution < 1.29 is 14.3 Å². The van der Waals surface area contributed by atoms with Crippen LogP contribution in [-0.2, 0) is 22.5 Å². The zero-order chi connectivity index (χ0) is 17.7. The molecule has 1 N–H and O–H groups in total. The number of rotatable bonds is 4. The Labute approximate surface area is 148 Å². The van der Waals surface area contributed by atoms with Crippen LogP contribution >= 0.6 is 11.3 Å². The highest BCUT2D eigenvalue weighted by Crippen LogP contribution is 2.29. The van der Waals surface area contributed by atoms with Crippen molar-refractivity contribution in [2.45, 2.75) is 58.2 Å². The topological polar surface area (TPSA) is 90.3 Å². The van der Waals surface area contributed by atoms with Gasteiger partial charge in [0.2, 0.25) is 0 Å². The van der Waals surface area contributed by atoms with Gasteiger partial charge in [0.1, 0.15) is 15.5 Å². The van der Waals surface area contributed by atoms with Crippen LogP contribution in [0.2, 0.25) is 0 Å². The number of amides is 1. The number of nitrogens with zero attached hydrogens (tertiary/aromatic N) is 2. The van der Waals surface area contributed by atoms with Crippen LogP contribution in [0.5, 0.6) is 0 Å². The normalized spacial score (nSPS) is 17.4. The summed E-state index contributed by atoms with van der Waals surface area (Å²) in [5.41, 5.74) is 0.490. The summed E-state index contributed by atoms with van der Waals surface area (Å²) in [6.07, 6.45) is 2.78. The third-order valence-corrected chi connectivity index (χ3v) is 5.84. The molecule has 0 spiro atoms. The van der Waals surface area contributed by atoms with Gasteiger partial charge in [-0.05, 0) is 38.7 Å². The van der Waals surface area contributed by atoms with Crippen LogP contribution < -0.4 is 10.9 Å². The van der Waals surface area contributed by atoms with E-state index < -0.39 is 12.1 Å². The van der Waals surface area contributed by atoms with Crippen molar-refractivity contribution in [1.29, 1.82) is 0 Å². The highest BCUT2D eigenvalue weighted by molar-refractivity contribution is 7.20. The largest absolute Gasteiger partial charge is 0.448 e. The second-order valence-electron chi connectivity index (χ2n) is 6.66. The van der Waals surface area contributed by atoms with E-state index in [1.807, 2.05) is 0 Å². The molecule has 1 amide bonds. The van der Waals surface area contributed by atoms with Crippen LogP contribution in [0.1, 0.15) is 47.2 Å². The Kier molecular flexibility index (Phi) is 3.87. The second-order valence-corrected chi connectivity index (χ2v) is 7.65. The molecule has 7 nitrogen and oxygen atoms in total. The van der Waals surface area contributed by atoms with Gasteiger partial charge in [0.25, 0.3) is 11.5 Å². The summed E-state index contributed by atoms with van der Waals surface area (Å²) < 4.78 is 6.98. The minimum atomic E-state index is -0.864. The minimum absolute atomic E-state index is 0.0928. The molecule has 1 aliphatic carbocycles. The Morgan fingerprint density at radius 1 is 1.40 bits per heavy atom.